The lowest BCUT2D eigenvalue weighted by atomic mass is 9.94. The van der Waals surface area contributed by atoms with E-state index in [9.17, 15) is 9.18 Å². The van der Waals surface area contributed by atoms with Gasteiger partial charge in [-0.05, 0) is 43.1 Å². The minimum atomic E-state index is -0.311. The number of nitrogens with two attached hydrogens (primary N) is 1. The van der Waals surface area contributed by atoms with Crippen molar-refractivity contribution in [3.05, 3.63) is 30.1 Å². The minimum absolute atomic E-state index is 0.0895. The van der Waals surface area contributed by atoms with E-state index < -0.39 is 0 Å². The summed E-state index contributed by atoms with van der Waals surface area (Å²) < 4.78 is 12.7. The molecule has 0 bridgehead atoms. The Bertz CT molecular complexity index is 435. The Morgan fingerprint density at radius 3 is 2.79 bits per heavy atom. The molecule has 19 heavy (non-hydrogen) atoms. The number of nitrogens with zero attached hydrogens (tertiary/aromatic N) is 1. The van der Waals surface area contributed by atoms with Crippen molar-refractivity contribution in [2.24, 2.45) is 11.7 Å². The third-order valence-electron chi connectivity index (χ3n) is 3.60. The molecular formula is C14H20FN3O. The maximum Gasteiger partial charge on any atom is 0.238 e. The number of amides is 1. The zero-order valence-electron chi connectivity index (χ0n) is 11.1. The van der Waals surface area contributed by atoms with Crippen LogP contribution in [0.5, 0.6) is 0 Å². The topological polar surface area (TPSA) is 58.4 Å². The fraction of sp³-hybridized carbons (Fsp3) is 0.500. The summed E-state index contributed by atoms with van der Waals surface area (Å²) in [7, 11) is 0. The molecule has 2 rings (SSSR count). The second kappa shape index (κ2) is 6.12. The van der Waals surface area contributed by atoms with Gasteiger partial charge in [0, 0.05) is 18.3 Å². The van der Waals surface area contributed by atoms with E-state index in [0.29, 0.717) is 18.2 Å². The SMILES string of the molecule is CC1CCN(CC(=O)Nc2ccc(F)cc2)CC1N. The average Bonchev–Trinajstić information content (AvgIpc) is 2.37. The van der Waals surface area contributed by atoms with Gasteiger partial charge in [-0.3, -0.25) is 9.69 Å². The summed E-state index contributed by atoms with van der Waals surface area (Å²) in [4.78, 5) is 13.9. The highest BCUT2D eigenvalue weighted by atomic mass is 19.1. The van der Waals surface area contributed by atoms with Crippen molar-refractivity contribution >= 4 is 11.6 Å². The first-order valence-electron chi connectivity index (χ1n) is 6.58. The van der Waals surface area contributed by atoms with Gasteiger partial charge in [0.25, 0.3) is 0 Å². The minimum Gasteiger partial charge on any atom is -0.326 e. The van der Waals surface area contributed by atoms with E-state index in [1.807, 2.05) is 0 Å². The molecule has 0 spiro atoms. The van der Waals surface area contributed by atoms with Crippen LogP contribution in [0.2, 0.25) is 0 Å². The molecule has 2 atom stereocenters. The number of piperidine rings is 1. The summed E-state index contributed by atoms with van der Waals surface area (Å²) in [5, 5.41) is 2.75. The highest BCUT2D eigenvalue weighted by molar-refractivity contribution is 5.92. The summed E-state index contributed by atoms with van der Waals surface area (Å²) in [5.74, 6) is 0.110. The fourth-order valence-electron chi connectivity index (χ4n) is 2.25. The van der Waals surface area contributed by atoms with Crippen LogP contribution >= 0.6 is 0 Å². The number of hydrogen-bond donors (Lipinski definition) is 2. The Kier molecular flexibility index (Phi) is 4.50. The van der Waals surface area contributed by atoms with Crippen LogP contribution in [0.25, 0.3) is 0 Å². The molecule has 1 saturated heterocycles. The third-order valence-corrected chi connectivity index (χ3v) is 3.60. The number of anilines is 1. The van der Waals surface area contributed by atoms with Crippen LogP contribution in [0.3, 0.4) is 0 Å². The first-order valence-corrected chi connectivity index (χ1v) is 6.58. The molecule has 1 heterocycles. The molecule has 3 N–H and O–H groups in total. The van der Waals surface area contributed by atoms with Crippen molar-refractivity contribution in [3.63, 3.8) is 0 Å². The molecule has 1 aliphatic heterocycles. The van der Waals surface area contributed by atoms with Gasteiger partial charge in [0.1, 0.15) is 5.82 Å². The number of carbonyl (C=O) groups excluding carboxylic acids is 1. The number of hydrogen-bond acceptors (Lipinski definition) is 3. The zero-order valence-corrected chi connectivity index (χ0v) is 11.1. The van der Waals surface area contributed by atoms with Crippen LogP contribution in [0.1, 0.15) is 13.3 Å². The van der Waals surface area contributed by atoms with E-state index in [4.69, 9.17) is 5.73 Å². The normalized spacial score (nSPS) is 24.2. The molecule has 1 aromatic carbocycles. The smallest absolute Gasteiger partial charge is 0.238 e. The standard InChI is InChI=1S/C14H20FN3O/c1-10-6-7-18(8-13(10)16)9-14(19)17-12-4-2-11(15)3-5-12/h2-5,10,13H,6-9,16H2,1H3,(H,17,19). The maximum absolute atomic E-state index is 12.7. The first-order chi connectivity index (χ1) is 9.04. The number of halogens is 1. The average molecular weight is 265 g/mol. The highest BCUT2D eigenvalue weighted by Gasteiger charge is 2.24. The number of likely N-dealkylation sites (tertiary alicyclic amines) is 1. The Balaban J connectivity index is 1.83. The second-order valence-corrected chi connectivity index (χ2v) is 5.22. The fourth-order valence-corrected chi connectivity index (χ4v) is 2.25. The summed E-state index contributed by atoms with van der Waals surface area (Å²) in [6.07, 6.45) is 1.02. The Morgan fingerprint density at radius 1 is 1.47 bits per heavy atom. The van der Waals surface area contributed by atoms with Gasteiger partial charge in [-0.25, -0.2) is 4.39 Å². The zero-order chi connectivity index (χ0) is 13.8. The van der Waals surface area contributed by atoms with Gasteiger partial charge < -0.3 is 11.1 Å². The lowest BCUT2D eigenvalue weighted by Crippen LogP contribution is -2.49. The third kappa shape index (κ3) is 4.01. The van der Waals surface area contributed by atoms with Gasteiger partial charge >= 0.3 is 0 Å². The quantitative estimate of drug-likeness (QED) is 0.869. The molecule has 4 nitrogen and oxygen atoms in total. The Labute approximate surface area is 112 Å². The van der Waals surface area contributed by atoms with Crippen LogP contribution in [0, 0.1) is 11.7 Å². The molecule has 1 amide bonds. The van der Waals surface area contributed by atoms with Gasteiger partial charge in [-0.1, -0.05) is 6.92 Å². The first kappa shape index (κ1) is 14.0. The second-order valence-electron chi connectivity index (χ2n) is 5.22. The summed E-state index contributed by atoms with van der Waals surface area (Å²) in [6, 6.07) is 5.89. The van der Waals surface area contributed by atoms with E-state index in [1.165, 1.54) is 12.1 Å². The van der Waals surface area contributed by atoms with Gasteiger partial charge in [0.2, 0.25) is 5.91 Å². The largest absolute Gasteiger partial charge is 0.326 e. The Hall–Kier alpha value is -1.46. The van der Waals surface area contributed by atoms with Crippen LogP contribution in [0.4, 0.5) is 10.1 Å². The maximum atomic E-state index is 12.7. The summed E-state index contributed by atoms with van der Waals surface area (Å²) in [5.41, 5.74) is 6.61. The molecule has 1 aliphatic rings. The lowest BCUT2D eigenvalue weighted by molar-refractivity contribution is -0.117. The van der Waals surface area contributed by atoms with E-state index >= 15 is 0 Å². The molecule has 0 radical (unpaired) electrons. The summed E-state index contributed by atoms with van der Waals surface area (Å²) in [6.45, 7) is 4.11. The van der Waals surface area contributed by atoms with Crippen molar-refractivity contribution < 1.29 is 9.18 Å². The predicted molar refractivity (Wildman–Crippen MR) is 73.2 cm³/mol. The van der Waals surface area contributed by atoms with Crippen molar-refractivity contribution in [1.29, 1.82) is 0 Å². The van der Waals surface area contributed by atoms with Gasteiger partial charge in [-0.2, -0.15) is 0 Å². The van der Waals surface area contributed by atoms with Gasteiger partial charge in [0.15, 0.2) is 0 Å². The molecular weight excluding hydrogens is 245 g/mol. The molecule has 104 valence electrons. The van der Waals surface area contributed by atoms with Crippen LogP contribution in [0.15, 0.2) is 24.3 Å². The van der Waals surface area contributed by atoms with E-state index in [1.54, 1.807) is 12.1 Å². The van der Waals surface area contributed by atoms with Crippen molar-refractivity contribution in [1.82, 2.24) is 4.90 Å². The number of benzene rings is 1. The molecule has 1 aromatic rings. The van der Waals surface area contributed by atoms with Crippen LogP contribution in [-0.2, 0) is 4.79 Å². The lowest BCUT2D eigenvalue weighted by Gasteiger charge is -2.34. The molecule has 1 fully saturated rings. The van der Waals surface area contributed by atoms with E-state index in [0.717, 1.165) is 19.5 Å². The number of carbonyl (C=O) groups is 1. The monoisotopic (exact) mass is 265 g/mol. The van der Waals surface area contributed by atoms with Crippen molar-refractivity contribution in [3.8, 4) is 0 Å². The molecule has 0 aliphatic carbocycles. The van der Waals surface area contributed by atoms with E-state index in [2.05, 4.69) is 17.1 Å². The summed E-state index contributed by atoms with van der Waals surface area (Å²) >= 11 is 0. The van der Waals surface area contributed by atoms with Gasteiger partial charge in [-0.15, -0.1) is 0 Å². The number of rotatable bonds is 3. The number of nitrogens with one attached hydrogen (secondary N) is 1. The van der Waals surface area contributed by atoms with Crippen LogP contribution < -0.4 is 11.1 Å². The van der Waals surface area contributed by atoms with Crippen LogP contribution in [-0.4, -0.2) is 36.5 Å². The molecule has 0 saturated carbocycles. The van der Waals surface area contributed by atoms with Crippen molar-refractivity contribution in [2.75, 3.05) is 25.0 Å². The molecule has 0 aromatic heterocycles. The Morgan fingerprint density at radius 2 is 2.16 bits per heavy atom. The molecule has 2 unspecified atom stereocenters. The predicted octanol–water partition coefficient (Wildman–Crippen LogP) is 1.43. The van der Waals surface area contributed by atoms with Crippen molar-refractivity contribution in [2.45, 2.75) is 19.4 Å². The van der Waals surface area contributed by atoms with E-state index in [-0.39, 0.29) is 17.8 Å². The highest BCUT2D eigenvalue weighted by Crippen LogP contribution is 2.15. The molecule has 5 heteroatoms. The van der Waals surface area contributed by atoms with Gasteiger partial charge in [0.05, 0.1) is 6.54 Å².